The minimum Gasteiger partial charge on any atom is -0.493 e. The van der Waals surface area contributed by atoms with Gasteiger partial charge in [-0.25, -0.2) is 9.97 Å². The summed E-state index contributed by atoms with van der Waals surface area (Å²) in [5, 5.41) is 5.53. The lowest BCUT2D eigenvalue weighted by Gasteiger charge is -2.31. The molecule has 1 unspecified atom stereocenters. The summed E-state index contributed by atoms with van der Waals surface area (Å²) >= 11 is 1.41. The number of ether oxygens (including phenoxy) is 1. The maximum absolute atomic E-state index is 13.1. The molecule has 0 bridgehead atoms. The van der Waals surface area contributed by atoms with Crippen LogP contribution in [0.15, 0.2) is 42.2 Å². The van der Waals surface area contributed by atoms with Gasteiger partial charge in [0.15, 0.2) is 5.13 Å². The fourth-order valence-corrected chi connectivity index (χ4v) is 6.04. The van der Waals surface area contributed by atoms with Gasteiger partial charge >= 0.3 is 0 Å². The molecule has 3 aromatic rings. The highest BCUT2D eigenvalue weighted by atomic mass is 32.1. The van der Waals surface area contributed by atoms with Crippen molar-refractivity contribution >= 4 is 28.3 Å². The summed E-state index contributed by atoms with van der Waals surface area (Å²) in [7, 11) is 0. The van der Waals surface area contributed by atoms with Gasteiger partial charge in [0.1, 0.15) is 11.4 Å². The lowest BCUT2D eigenvalue weighted by Crippen LogP contribution is -2.44. The highest BCUT2D eigenvalue weighted by Crippen LogP contribution is 2.39. The van der Waals surface area contributed by atoms with E-state index in [-0.39, 0.29) is 17.7 Å². The number of carbonyl (C=O) groups is 2. The van der Waals surface area contributed by atoms with E-state index in [1.54, 1.807) is 4.90 Å². The standard InChI is InChI=1S/C28H33N5O3S/c1-2-36-25-11-10-20(19-7-4-3-5-8-19)15-22(25)24-18-37-28(31-24)32-26(34)21-9-6-14-33(17-21)27(35)23-16-29-12-13-30-23/h10-13,15-16,18-19,21H,2-9,14,17H2,1H3,(H,31,32,34). The predicted molar refractivity (Wildman–Crippen MR) is 144 cm³/mol. The van der Waals surface area contributed by atoms with Gasteiger partial charge in [-0.1, -0.05) is 25.3 Å². The predicted octanol–water partition coefficient (Wildman–Crippen LogP) is 5.54. The average molecular weight is 520 g/mol. The Labute approximate surface area is 221 Å². The van der Waals surface area contributed by atoms with Crippen molar-refractivity contribution in [3.05, 3.63) is 53.4 Å². The minimum atomic E-state index is -0.296. The maximum atomic E-state index is 13.1. The van der Waals surface area contributed by atoms with Crippen LogP contribution in [0.25, 0.3) is 11.3 Å². The van der Waals surface area contributed by atoms with Gasteiger partial charge in [0.25, 0.3) is 5.91 Å². The van der Waals surface area contributed by atoms with E-state index >= 15 is 0 Å². The zero-order valence-electron chi connectivity index (χ0n) is 21.2. The SMILES string of the molecule is CCOc1ccc(C2CCCCC2)cc1-c1csc(NC(=O)C2CCCN(C(=O)c3cnccn3)C2)n1. The summed E-state index contributed by atoms with van der Waals surface area (Å²) in [6.45, 7) is 3.53. The number of amides is 2. The Hall–Kier alpha value is -3.33. The van der Waals surface area contributed by atoms with Crippen LogP contribution in [0.4, 0.5) is 5.13 Å². The number of hydrogen-bond acceptors (Lipinski definition) is 7. The molecule has 194 valence electrons. The number of aromatic nitrogens is 3. The molecule has 1 aliphatic heterocycles. The fourth-order valence-electron chi connectivity index (χ4n) is 5.33. The zero-order chi connectivity index (χ0) is 25.6. The minimum absolute atomic E-state index is 0.112. The van der Waals surface area contributed by atoms with Gasteiger partial charge in [-0.15, -0.1) is 11.3 Å². The van der Waals surface area contributed by atoms with Crippen molar-refractivity contribution in [3.8, 4) is 17.0 Å². The Morgan fingerprint density at radius 2 is 2.00 bits per heavy atom. The third-order valence-electron chi connectivity index (χ3n) is 7.25. The first kappa shape index (κ1) is 25.3. The molecule has 1 saturated heterocycles. The number of hydrogen-bond donors (Lipinski definition) is 1. The smallest absolute Gasteiger partial charge is 0.274 e. The van der Waals surface area contributed by atoms with Gasteiger partial charge in [-0.05, 0) is 56.2 Å². The third kappa shape index (κ3) is 5.98. The Morgan fingerprint density at radius 3 is 2.78 bits per heavy atom. The average Bonchev–Trinajstić information content (AvgIpc) is 3.42. The van der Waals surface area contributed by atoms with E-state index in [4.69, 9.17) is 9.72 Å². The van der Waals surface area contributed by atoms with E-state index in [9.17, 15) is 9.59 Å². The number of benzene rings is 1. The second kappa shape index (κ2) is 11.8. The van der Waals surface area contributed by atoms with Gasteiger partial charge in [-0.2, -0.15) is 0 Å². The molecule has 0 radical (unpaired) electrons. The van der Waals surface area contributed by atoms with Crippen molar-refractivity contribution in [3.63, 3.8) is 0 Å². The molecule has 5 rings (SSSR count). The lowest BCUT2D eigenvalue weighted by atomic mass is 9.83. The van der Waals surface area contributed by atoms with Gasteiger partial charge in [0.2, 0.25) is 5.91 Å². The molecule has 1 saturated carbocycles. The van der Waals surface area contributed by atoms with Gasteiger partial charge in [0.05, 0.1) is 24.4 Å². The number of anilines is 1. The van der Waals surface area contributed by atoms with Crippen LogP contribution >= 0.6 is 11.3 Å². The first-order valence-corrected chi connectivity index (χ1v) is 14.1. The number of thiazole rings is 1. The monoisotopic (exact) mass is 519 g/mol. The molecule has 1 aliphatic carbocycles. The summed E-state index contributed by atoms with van der Waals surface area (Å²) < 4.78 is 5.92. The summed E-state index contributed by atoms with van der Waals surface area (Å²) in [5.41, 5.74) is 3.42. The molecule has 3 heterocycles. The molecule has 37 heavy (non-hydrogen) atoms. The number of carbonyl (C=O) groups excluding carboxylic acids is 2. The van der Waals surface area contributed by atoms with Gasteiger partial charge < -0.3 is 15.0 Å². The van der Waals surface area contributed by atoms with Crippen molar-refractivity contribution in [2.45, 2.75) is 57.8 Å². The molecule has 1 aromatic carbocycles. The van der Waals surface area contributed by atoms with Crippen molar-refractivity contribution in [2.24, 2.45) is 5.92 Å². The number of piperidine rings is 1. The number of rotatable bonds is 7. The van der Waals surface area contributed by atoms with Crippen LogP contribution in [0.5, 0.6) is 5.75 Å². The first-order valence-electron chi connectivity index (χ1n) is 13.2. The quantitative estimate of drug-likeness (QED) is 0.440. The van der Waals surface area contributed by atoms with E-state index in [0.717, 1.165) is 29.8 Å². The molecule has 0 spiro atoms. The molecule has 9 heteroatoms. The number of nitrogens with zero attached hydrogens (tertiary/aromatic N) is 4. The molecule has 1 N–H and O–H groups in total. The Balaban J connectivity index is 1.28. The molecular weight excluding hydrogens is 486 g/mol. The normalized spacial score (nSPS) is 18.4. The van der Waals surface area contributed by atoms with Crippen molar-refractivity contribution in [1.29, 1.82) is 0 Å². The fraction of sp³-hybridized carbons (Fsp3) is 0.464. The molecule has 2 fully saturated rings. The Morgan fingerprint density at radius 1 is 1.14 bits per heavy atom. The van der Waals surface area contributed by atoms with Crippen LogP contribution in [0, 0.1) is 5.92 Å². The van der Waals surface area contributed by atoms with E-state index in [0.29, 0.717) is 36.4 Å². The summed E-state index contributed by atoms with van der Waals surface area (Å²) in [4.78, 5) is 40.4. The number of nitrogens with one attached hydrogen (secondary N) is 1. The Kier molecular flexibility index (Phi) is 8.08. The Bertz CT molecular complexity index is 1230. The third-order valence-corrected chi connectivity index (χ3v) is 8.01. The van der Waals surface area contributed by atoms with E-state index in [2.05, 4.69) is 33.5 Å². The second-order valence-electron chi connectivity index (χ2n) is 9.73. The molecule has 2 amide bonds. The van der Waals surface area contributed by atoms with E-state index < -0.39 is 0 Å². The first-order chi connectivity index (χ1) is 18.1. The van der Waals surface area contributed by atoms with Crippen LogP contribution in [0.2, 0.25) is 0 Å². The molecule has 8 nitrogen and oxygen atoms in total. The lowest BCUT2D eigenvalue weighted by molar-refractivity contribution is -0.121. The van der Waals surface area contributed by atoms with E-state index in [1.165, 1.54) is 67.6 Å². The molecule has 1 atom stereocenters. The van der Waals surface area contributed by atoms with Crippen LogP contribution in [0.3, 0.4) is 0 Å². The zero-order valence-corrected chi connectivity index (χ0v) is 22.0. The van der Waals surface area contributed by atoms with Crippen molar-refractivity contribution in [1.82, 2.24) is 19.9 Å². The van der Waals surface area contributed by atoms with Crippen LogP contribution < -0.4 is 10.1 Å². The molecule has 2 aromatic heterocycles. The summed E-state index contributed by atoms with van der Waals surface area (Å²) in [6, 6.07) is 6.47. The largest absolute Gasteiger partial charge is 0.493 e. The second-order valence-corrected chi connectivity index (χ2v) is 10.6. The van der Waals surface area contributed by atoms with Crippen LogP contribution in [-0.2, 0) is 4.79 Å². The van der Waals surface area contributed by atoms with E-state index in [1.807, 2.05) is 12.3 Å². The van der Waals surface area contributed by atoms with Crippen LogP contribution in [0.1, 0.15) is 73.8 Å². The molecular formula is C28H33N5O3S. The highest BCUT2D eigenvalue weighted by Gasteiger charge is 2.30. The van der Waals surface area contributed by atoms with Gasteiger partial charge in [0, 0.05) is 36.4 Å². The van der Waals surface area contributed by atoms with Crippen molar-refractivity contribution < 1.29 is 14.3 Å². The highest BCUT2D eigenvalue weighted by molar-refractivity contribution is 7.14. The maximum Gasteiger partial charge on any atom is 0.274 e. The van der Waals surface area contributed by atoms with Gasteiger partial charge in [-0.3, -0.25) is 14.6 Å². The molecule has 2 aliphatic rings. The summed E-state index contributed by atoms with van der Waals surface area (Å²) in [5.74, 6) is 0.799. The number of likely N-dealkylation sites (tertiary alicyclic amines) is 1. The summed E-state index contributed by atoms with van der Waals surface area (Å²) in [6.07, 6.45) is 12.3. The van der Waals surface area contributed by atoms with Crippen LogP contribution in [-0.4, -0.2) is 51.4 Å². The topological polar surface area (TPSA) is 97.3 Å². The van der Waals surface area contributed by atoms with Crippen molar-refractivity contribution in [2.75, 3.05) is 25.0 Å².